The Bertz CT molecular complexity index is 429. The standard InChI is InChI=1S/C14H19NO3/c1-15-6-2-5-14(8-16-9-14)11-3-4-12-13(7-11)18-10-17-12/h3-4,7,15H,2,5-6,8-10H2,1H3. The smallest absolute Gasteiger partial charge is 0.231 e. The first-order valence-corrected chi connectivity index (χ1v) is 6.47. The second-order valence-corrected chi connectivity index (χ2v) is 5.05. The van der Waals surface area contributed by atoms with E-state index in [9.17, 15) is 0 Å². The molecule has 2 heterocycles. The molecule has 0 amide bonds. The van der Waals surface area contributed by atoms with Gasteiger partial charge in [-0.2, -0.15) is 0 Å². The highest BCUT2D eigenvalue weighted by Gasteiger charge is 2.40. The van der Waals surface area contributed by atoms with E-state index in [4.69, 9.17) is 14.2 Å². The Morgan fingerprint density at radius 1 is 1.22 bits per heavy atom. The Hall–Kier alpha value is -1.26. The van der Waals surface area contributed by atoms with E-state index in [1.165, 1.54) is 5.56 Å². The molecule has 0 radical (unpaired) electrons. The maximum Gasteiger partial charge on any atom is 0.231 e. The maximum atomic E-state index is 5.45. The van der Waals surface area contributed by atoms with Crippen molar-refractivity contribution in [2.45, 2.75) is 18.3 Å². The Kier molecular flexibility index (Phi) is 3.14. The lowest BCUT2D eigenvalue weighted by Crippen LogP contribution is -2.47. The van der Waals surface area contributed by atoms with E-state index in [1.807, 2.05) is 13.1 Å². The summed E-state index contributed by atoms with van der Waals surface area (Å²) in [7, 11) is 1.99. The van der Waals surface area contributed by atoms with Gasteiger partial charge in [0, 0.05) is 5.41 Å². The van der Waals surface area contributed by atoms with Gasteiger partial charge in [0.15, 0.2) is 11.5 Å². The average molecular weight is 249 g/mol. The summed E-state index contributed by atoms with van der Waals surface area (Å²) >= 11 is 0. The fourth-order valence-corrected chi connectivity index (χ4v) is 2.63. The third kappa shape index (κ3) is 1.95. The van der Waals surface area contributed by atoms with E-state index in [-0.39, 0.29) is 5.41 Å². The molecule has 98 valence electrons. The molecule has 4 nitrogen and oxygen atoms in total. The van der Waals surface area contributed by atoms with Gasteiger partial charge in [0.1, 0.15) is 0 Å². The molecule has 0 aromatic heterocycles. The molecule has 0 aliphatic carbocycles. The van der Waals surface area contributed by atoms with Crippen molar-refractivity contribution >= 4 is 0 Å². The van der Waals surface area contributed by atoms with Gasteiger partial charge >= 0.3 is 0 Å². The van der Waals surface area contributed by atoms with Crippen LogP contribution in [0.25, 0.3) is 0 Å². The van der Waals surface area contributed by atoms with Gasteiger partial charge in [0.25, 0.3) is 0 Å². The molecule has 1 fully saturated rings. The van der Waals surface area contributed by atoms with Gasteiger partial charge in [-0.05, 0) is 44.1 Å². The molecule has 1 aromatic rings. The zero-order valence-electron chi connectivity index (χ0n) is 10.7. The summed E-state index contributed by atoms with van der Waals surface area (Å²) in [5.41, 5.74) is 1.49. The number of hydrogen-bond acceptors (Lipinski definition) is 4. The van der Waals surface area contributed by atoms with Crippen LogP contribution in [0.2, 0.25) is 0 Å². The minimum absolute atomic E-state index is 0.178. The molecule has 0 bridgehead atoms. The van der Waals surface area contributed by atoms with Crippen LogP contribution in [-0.2, 0) is 10.2 Å². The van der Waals surface area contributed by atoms with Crippen molar-refractivity contribution in [3.63, 3.8) is 0 Å². The molecule has 0 spiro atoms. The quantitative estimate of drug-likeness (QED) is 0.806. The lowest BCUT2D eigenvalue weighted by atomic mass is 9.75. The van der Waals surface area contributed by atoms with Crippen molar-refractivity contribution in [1.29, 1.82) is 0 Å². The number of hydrogen-bond donors (Lipinski definition) is 1. The summed E-state index contributed by atoms with van der Waals surface area (Å²) in [6.07, 6.45) is 2.31. The predicted molar refractivity (Wildman–Crippen MR) is 68.2 cm³/mol. The summed E-state index contributed by atoms with van der Waals surface area (Å²) in [6.45, 7) is 3.01. The van der Waals surface area contributed by atoms with Gasteiger partial charge in [0.2, 0.25) is 6.79 Å². The molecular weight excluding hydrogens is 230 g/mol. The highest BCUT2D eigenvalue weighted by molar-refractivity contribution is 5.47. The summed E-state index contributed by atoms with van der Waals surface area (Å²) in [6, 6.07) is 6.27. The molecule has 1 saturated heterocycles. The highest BCUT2D eigenvalue weighted by atomic mass is 16.7. The molecule has 3 rings (SSSR count). The van der Waals surface area contributed by atoms with Crippen LogP contribution in [0, 0.1) is 0 Å². The minimum Gasteiger partial charge on any atom is -0.454 e. The fraction of sp³-hybridized carbons (Fsp3) is 0.571. The number of ether oxygens (including phenoxy) is 3. The predicted octanol–water partition coefficient (Wildman–Crippen LogP) is 1.68. The third-order valence-corrected chi connectivity index (χ3v) is 3.82. The number of fused-ring (bicyclic) bond motifs is 1. The summed E-state index contributed by atoms with van der Waals surface area (Å²) in [4.78, 5) is 0. The van der Waals surface area contributed by atoms with Gasteiger partial charge in [-0.15, -0.1) is 0 Å². The van der Waals surface area contributed by atoms with E-state index in [0.717, 1.165) is 44.1 Å². The van der Waals surface area contributed by atoms with Gasteiger partial charge < -0.3 is 19.5 Å². The molecule has 2 aliphatic heterocycles. The van der Waals surface area contributed by atoms with Crippen LogP contribution >= 0.6 is 0 Å². The zero-order valence-corrected chi connectivity index (χ0v) is 10.7. The van der Waals surface area contributed by atoms with Crippen molar-refractivity contribution in [2.24, 2.45) is 0 Å². The van der Waals surface area contributed by atoms with E-state index >= 15 is 0 Å². The summed E-state index contributed by atoms with van der Waals surface area (Å²) < 4.78 is 16.3. The molecule has 0 saturated carbocycles. The lowest BCUT2D eigenvalue weighted by Gasteiger charge is -2.42. The first-order valence-electron chi connectivity index (χ1n) is 6.47. The first kappa shape index (κ1) is 11.8. The minimum atomic E-state index is 0.178. The zero-order chi connectivity index (χ0) is 12.4. The van der Waals surface area contributed by atoms with Gasteiger partial charge in [-0.3, -0.25) is 0 Å². The van der Waals surface area contributed by atoms with Crippen LogP contribution in [0.15, 0.2) is 18.2 Å². The monoisotopic (exact) mass is 249 g/mol. The lowest BCUT2D eigenvalue weighted by molar-refractivity contribution is -0.0651. The molecule has 2 aliphatic rings. The van der Waals surface area contributed by atoms with Gasteiger partial charge in [0.05, 0.1) is 13.2 Å². The molecular formula is C14H19NO3. The van der Waals surface area contributed by atoms with Gasteiger partial charge in [-0.25, -0.2) is 0 Å². The number of nitrogens with one attached hydrogen (secondary N) is 1. The molecule has 0 atom stereocenters. The maximum absolute atomic E-state index is 5.45. The molecule has 1 N–H and O–H groups in total. The summed E-state index contributed by atoms with van der Waals surface area (Å²) in [5.74, 6) is 1.72. The van der Waals surface area contributed by atoms with Crippen LogP contribution in [0.5, 0.6) is 11.5 Å². The van der Waals surface area contributed by atoms with Crippen LogP contribution in [0.3, 0.4) is 0 Å². The van der Waals surface area contributed by atoms with Crippen LogP contribution in [0.1, 0.15) is 18.4 Å². The van der Waals surface area contributed by atoms with Gasteiger partial charge in [-0.1, -0.05) is 6.07 Å². The second-order valence-electron chi connectivity index (χ2n) is 5.05. The first-order chi connectivity index (χ1) is 8.84. The van der Waals surface area contributed by atoms with E-state index < -0.39 is 0 Å². The largest absolute Gasteiger partial charge is 0.454 e. The van der Waals surface area contributed by atoms with E-state index in [0.29, 0.717) is 6.79 Å². The van der Waals surface area contributed by atoms with Crippen LogP contribution in [-0.4, -0.2) is 33.6 Å². The Morgan fingerprint density at radius 3 is 2.78 bits per heavy atom. The van der Waals surface area contributed by atoms with Crippen molar-refractivity contribution in [1.82, 2.24) is 5.32 Å². The number of rotatable bonds is 5. The number of benzene rings is 1. The topological polar surface area (TPSA) is 39.7 Å². The average Bonchev–Trinajstić information content (AvgIpc) is 2.79. The van der Waals surface area contributed by atoms with Crippen molar-refractivity contribution in [2.75, 3.05) is 33.6 Å². The SMILES string of the molecule is CNCCCC1(c2ccc3c(c2)OCO3)COC1. The Labute approximate surface area is 107 Å². The van der Waals surface area contributed by atoms with Crippen molar-refractivity contribution in [3.8, 4) is 11.5 Å². The Morgan fingerprint density at radius 2 is 2.06 bits per heavy atom. The molecule has 1 aromatic carbocycles. The molecule has 18 heavy (non-hydrogen) atoms. The van der Waals surface area contributed by atoms with Crippen molar-refractivity contribution < 1.29 is 14.2 Å². The Balaban J connectivity index is 1.78. The highest BCUT2D eigenvalue weighted by Crippen LogP contribution is 2.41. The summed E-state index contributed by atoms with van der Waals surface area (Å²) in [5, 5.41) is 3.20. The van der Waals surface area contributed by atoms with Crippen molar-refractivity contribution in [3.05, 3.63) is 23.8 Å². The van der Waals surface area contributed by atoms with E-state index in [2.05, 4.69) is 17.4 Å². The second kappa shape index (κ2) is 4.78. The fourth-order valence-electron chi connectivity index (χ4n) is 2.63. The normalized spacial score (nSPS) is 19.6. The third-order valence-electron chi connectivity index (χ3n) is 3.82. The molecule has 4 heteroatoms. The van der Waals surface area contributed by atoms with E-state index in [1.54, 1.807) is 0 Å². The van der Waals surface area contributed by atoms with Crippen LogP contribution in [0.4, 0.5) is 0 Å². The van der Waals surface area contributed by atoms with Crippen LogP contribution < -0.4 is 14.8 Å². The molecule has 0 unspecified atom stereocenters.